The SMILES string of the molecule is NC(=O)c1ccc(CCNCC2CCCCC2)cc1. The summed E-state index contributed by atoms with van der Waals surface area (Å²) >= 11 is 0. The fraction of sp³-hybridized carbons (Fsp3) is 0.562. The number of nitrogens with two attached hydrogens (primary N) is 1. The van der Waals surface area contributed by atoms with Crippen molar-refractivity contribution in [3.8, 4) is 0 Å². The van der Waals surface area contributed by atoms with Gasteiger partial charge in [0.1, 0.15) is 0 Å². The fourth-order valence-electron chi connectivity index (χ4n) is 2.77. The molecule has 1 aromatic rings. The summed E-state index contributed by atoms with van der Waals surface area (Å²) in [5, 5.41) is 3.55. The number of carbonyl (C=O) groups excluding carboxylic acids is 1. The van der Waals surface area contributed by atoms with E-state index in [1.165, 1.54) is 37.7 Å². The topological polar surface area (TPSA) is 55.1 Å². The molecule has 19 heavy (non-hydrogen) atoms. The molecule has 2 rings (SSSR count). The molecule has 0 spiro atoms. The van der Waals surface area contributed by atoms with Crippen LogP contribution in [-0.4, -0.2) is 19.0 Å². The van der Waals surface area contributed by atoms with Gasteiger partial charge in [0.25, 0.3) is 0 Å². The Kier molecular flexibility index (Phi) is 5.40. The molecule has 0 unspecified atom stereocenters. The smallest absolute Gasteiger partial charge is 0.248 e. The van der Waals surface area contributed by atoms with Gasteiger partial charge in [-0.25, -0.2) is 0 Å². The van der Waals surface area contributed by atoms with Gasteiger partial charge >= 0.3 is 0 Å². The van der Waals surface area contributed by atoms with E-state index in [1.807, 2.05) is 12.1 Å². The van der Waals surface area contributed by atoms with E-state index in [9.17, 15) is 4.79 Å². The Morgan fingerprint density at radius 2 is 1.84 bits per heavy atom. The first-order chi connectivity index (χ1) is 9.25. The van der Waals surface area contributed by atoms with Crippen LogP contribution in [0.15, 0.2) is 24.3 Å². The van der Waals surface area contributed by atoms with Crippen molar-refractivity contribution in [1.82, 2.24) is 5.32 Å². The standard InChI is InChI=1S/C16H24N2O/c17-16(19)15-8-6-13(7-9-15)10-11-18-12-14-4-2-1-3-5-14/h6-9,14,18H,1-5,10-12H2,(H2,17,19). The number of rotatable bonds is 6. The Hall–Kier alpha value is -1.35. The van der Waals surface area contributed by atoms with Crippen molar-refractivity contribution in [3.63, 3.8) is 0 Å². The Morgan fingerprint density at radius 1 is 1.16 bits per heavy atom. The van der Waals surface area contributed by atoms with Crippen molar-refractivity contribution in [2.24, 2.45) is 11.7 Å². The van der Waals surface area contributed by atoms with E-state index < -0.39 is 0 Å². The van der Waals surface area contributed by atoms with Crippen LogP contribution in [0, 0.1) is 5.92 Å². The summed E-state index contributed by atoms with van der Waals surface area (Å²) in [4.78, 5) is 11.0. The normalized spacial score (nSPS) is 16.4. The molecule has 1 fully saturated rings. The van der Waals surface area contributed by atoms with E-state index in [1.54, 1.807) is 12.1 Å². The van der Waals surface area contributed by atoms with Crippen LogP contribution in [0.1, 0.15) is 48.0 Å². The van der Waals surface area contributed by atoms with E-state index >= 15 is 0 Å². The minimum atomic E-state index is -0.359. The van der Waals surface area contributed by atoms with Crippen LogP contribution in [0.4, 0.5) is 0 Å². The summed E-state index contributed by atoms with van der Waals surface area (Å²) in [7, 11) is 0. The molecule has 1 saturated carbocycles. The molecule has 3 nitrogen and oxygen atoms in total. The van der Waals surface area contributed by atoms with Gasteiger partial charge in [-0.2, -0.15) is 0 Å². The third kappa shape index (κ3) is 4.67. The van der Waals surface area contributed by atoms with Gasteiger partial charge in [-0.05, 0) is 56.0 Å². The average molecular weight is 260 g/mol. The van der Waals surface area contributed by atoms with Gasteiger partial charge in [-0.1, -0.05) is 31.4 Å². The van der Waals surface area contributed by atoms with Crippen molar-refractivity contribution in [1.29, 1.82) is 0 Å². The lowest BCUT2D eigenvalue weighted by Gasteiger charge is -2.21. The monoisotopic (exact) mass is 260 g/mol. The van der Waals surface area contributed by atoms with Crippen LogP contribution in [0.2, 0.25) is 0 Å². The number of hydrogen-bond donors (Lipinski definition) is 2. The molecule has 0 heterocycles. The molecule has 1 aliphatic rings. The van der Waals surface area contributed by atoms with E-state index in [4.69, 9.17) is 5.73 Å². The van der Waals surface area contributed by atoms with Crippen LogP contribution < -0.4 is 11.1 Å². The lowest BCUT2D eigenvalue weighted by atomic mass is 9.89. The number of primary amides is 1. The third-order valence-corrected chi connectivity index (χ3v) is 3.99. The highest BCUT2D eigenvalue weighted by Gasteiger charge is 2.12. The first-order valence-electron chi connectivity index (χ1n) is 7.35. The molecule has 3 N–H and O–H groups in total. The lowest BCUT2D eigenvalue weighted by Crippen LogP contribution is -2.26. The molecule has 0 bridgehead atoms. The quantitative estimate of drug-likeness (QED) is 0.772. The van der Waals surface area contributed by atoms with Gasteiger partial charge in [-0.3, -0.25) is 4.79 Å². The van der Waals surface area contributed by atoms with Crippen molar-refractivity contribution in [2.45, 2.75) is 38.5 Å². The summed E-state index contributed by atoms with van der Waals surface area (Å²) in [5.41, 5.74) is 7.05. The van der Waals surface area contributed by atoms with Gasteiger partial charge in [0, 0.05) is 5.56 Å². The maximum absolute atomic E-state index is 11.0. The zero-order valence-electron chi connectivity index (χ0n) is 11.5. The van der Waals surface area contributed by atoms with Crippen molar-refractivity contribution in [3.05, 3.63) is 35.4 Å². The molecule has 0 aromatic heterocycles. The van der Waals surface area contributed by atoms with Crippen molar-refractivity contribution in [2.75, 3.05) is 13.1 Å². The molecular formula is C16H24N2O. The van der Waals surface area contributed by atoms with E-state index in [0.717, 1.165) is 25.4 Å². The zero-order chi connectivity index (χ0) is 13.5. The van der Waals surface area contributed by atoms with Crippen LogP contribution in [0.25, 0.3) is 0 Å². The third-order valence-electron chi connectivity index (χ3n) is 3.99. The van der Waals surface area contributed by atoms with E-state index in [2.05, 4.69) is 5.32 Å². The minimum absolute atomic E-state index is 0.359. The summed E-state index contributed by atoms with van der Waals surface area (Å²) in [5.74, 6) is 0.521. The molecule has 0 aliphatic heterocycles. The average Bonchev–Trinajstić information content (AvgIpc) is 2.45. The Bertz CT molecular complexity index is 394. The molecule has 1 aromatic carbocycles. The zero-order valence-corrected chi connectivity index (χ0v) is 11.5. The fourth-order valence-corrected chi connectivity index (χ4v) is 2.77. The van der Waals surface area contributed by atoms with Gasteiger partial charge in [0.05, 0.1) is 0 Å². The van der Waals surface area contributed by atoms with E-state index in [0.29, 0.717) is 5.56 Å². The second-order valence-corrected chi connectivity index (χ2v) is 5.52. The van der Waals surface area contributed by atoms with Crippen molar-refractivity contribution < 1.29 is 4.79 Å². The van der Waals surface area contributed by atoms with Crippen molar-refractivity contribution >= 4 is 5.91 Å². The second kappa shape index (κ2) is 7.29. The van der Waals surface area contributed by atoms with Crippen LogP contribution in [0.3, 0.4) is 0 Å². The predicted octanol–water partition coefficient (Wildman–Crippen LogP) is 2.50. The molecular weight excluding hydrogens is 236 g/mol. The van der Waals surface area contributed by atoms with Gasteiger partial charge < -0.3 is 11.1 Å². The van der Waals surface area contributed by atoms with Gasteiger partial charge in [0.15, 0.2) is 0 Å². The highest BCUT2D eigenvalue weighted by atomic mass is 16.1. The summed E-state index contributed by atoms with van der Waals surface area (Å²) in [6.07, 6.45) is 8.01. The van der Waals surface area contributed by atoms with Gasteiger partial charge in [0.2, 0.25) is 5.91 Å². The molecule has 1 aliphatic carbocycles. The van der Waals surface area contributed by atoms with Gasteiger partial charge in [-0.15, -0.1) is 0 Å². The number of carbonyl (C=O) groups is 1. The summed E-state index contributed by atoms with van der Waals surface area (Å²) in [6, 6.07) is 7.59. The highest BCUT2D eigenvalue weighted by molar-refractivity contribution is 5.92. The number of hydrogen-bond acceptors (Lipinski definition) is 2. The lowest BCUT2D eigenvalue weighted by molar-refractivity contribution is 0.100. The Morgan fingerprint density at radius 3 is 2.47 bits per heavy atom. The molecule has 3 heteroatoms. The van der Waals surface area contributed by atoms with Crippen LogP contribution in [-0.2, 0) is 6.42 Å². The Labute approximate surface area is 115 Å². The molecule has 0 radical (unpaired) electrons. The van der Waals surface area contributed by atoms with Crippen LogP contribution in [0.5, 0.6) is 0 Å². The second-order valence-electron chi connectivity index (χ2n) is 5.52. The molecule has 0 saturated heterocycles. The highest BCUT2D eigenvalue weighted by Crippen LogP contribution is 2.22. The summed E-state index contributed by atoms with van der Waals surface area (Å²) < 4.78 is 0. The first kappa shape index (κ1) is 14.1. The molecule has 1 amide bonds. The largest absolute Gasteiger partial charge is 0.366 e. The maximum atomic E-state index is 11.0. The predicted molar refractivity (Wildman–Crippen MR) is 78.1 cm³/mol. The first-order valence-corrected chi connectivity index (χ1v) is 7.35. The van der Waals surface area contributed by atoms with E-state index in [-0.39, 0.29) is 5.91 Å². The number of benzene rings is 1. The molecule has 0 atom stereocenters. The van der Waals surface area contributed by atoms with Crippen LogP contribution >= 0.6 is 0 Å². The Balaban J connectivity index is 1.66. The maximum Gasteiger partial charge on any atom is 0.248 e. The molecule has 104 valence electrons. The number of amides is 1. The summed E-state index contributed by atoms with van der Waals surface area (Å²) in [6.45, 7) is 2.16. The number of nitrogens with one attached hydrogen (secondary N) is 1. The minimum Gasteiger partial charge on any atom is -0.366 e.